The number of hydrogen-bond donors (Lipinski definition) is 0. The van der Waals surface area contributed by atoms with Gasteiger partial charge in [-0.1, -0.05) is 41.6 Å². The zero-order valence-corrected chi connectivity index (χ0v) is 24.2. The lowest BCUT2D eigenvalue weighted by Gasteiger charge is -2.27. The molecule has 0 aliphatic heterocycles. The Kier molecular flexibility index (Phi) is 9.68. The molecule has 214 valence electrons. The smallest absolute Gasteiger partial charge is 0.415 e. The maximum absolute atomic E-state index is 13.0. The van der Waals surface area contributed by atoms with E-state index in [0.717, 1.165) is 16.8 Å². The van der Waals surface area contributed by atoms with Crippen molar-refractivity contribution in [3.8, 4) is 0 Å². The highest BCUT2D eigenvalue weighted by molar-refractivity contribution is 5.88. The van der Waals surface area contributed by atoms with Crippen LogP contribution in [0.25, 0.3) is 12.2 Å². The van der Waals surface area contributed by atoms with Crippen molar-refractivity contribution < 1.29 is 23.5 Å². The number of nitrogens with zero attached hydrogens (tertiary/aromatic N) is 5. The third-order valence-corrected chi connectivity index (χ3v) is 5.45. The summed E-state index contributed by atoms with van der Waals surface area (Å²) in [5.41, 5.74) is 2.51. The lowest BCUT2D eigenvalue weighted by atomic mass is 10.1. The van der Waals surface area contributed by atoms with Crippen LogP contribution < -0.4 is 9.80 Å². The summed E-state index contributed by atoms with van der Waals surface area (Å²) in [6, 6.07) is 15.0. The Morgan fingerprint density at radius 3 is 1.85 bits per heavy atom. The first kappa shape index (κ1) is 30.3. The summed E-state index contributed by atoms with van der Waals surface area (Å²) in [6.07, 6.45) is 4.59. The topological polar surface area (TPSA) is 89.8 Å². The standard InChI is InChI=1S/C30H38FN5O4/c1-29(2,3)39-27(37)34(7)25-14-10-22(11-15-25)8-9-23-12-16-26(17-13-23)36(28(38)40-30(4,5)6)21-24-20-35(19-18-31)33-32-24/h8-17,20H,18-19,21H2,1-7H3/b9-8+. The number of carbonyl (C=O) groups excluding carboxylic acids is 2. The van der Waals surface area contributed by atoms with Gasteiger partial charge in [-0.25, -0.2) is 18.7 Å². The van der Waals surface area contributed by atoms with Crippen molar-refractivity contribution >= 4 is 35.7 Å². The highest BCUT2D eigenvalue weighted by atomic mass is 19.1. The van der Waals surface area contributed by atoms with E-state index in [1.54, 1.807) is 34.0 Å². The largest absolute Gasteiger partial charge is 0.443 e. The number of aryl methyl sites for hydroxylation is 1. The van der Waals surface area contributed by atoms with Crippen LogP contribution in [0.5, 0.6) is 0 Å². The highest BCUT2D eigenvalue weighted by Crippen LogP contribution is 2.23. The van der Waals surface area contributed by atoms with Crippen molar-refractivity contribution in [3.05, 3.63) is 71.5 Å². The zero-order chi connectivity index (χ0) is 29.5. The number of carbonyl (C=O) groups is 2. The summed E-state index contributed by atoms with van der Waals surface area (Å²) in [4.78, 5) is 28.3. The van der Waals surface area contributed by atoms with Crippen LogP contribution in [0, 0.1) is 0 Å². The molecular formula is C30H38FN5O4. The van der Waals surface area contributed by atoms with E-state index in [-0.39, 0.29) is 13.1 Å². The molecule has 0 N–H and O–H groups in total. The van der Waals surface area contributed by atoms with E-state index < -0.39 is 30.1 Å². The molecule has 0 fully saturated rings. The third-order valence-electron chi connectivity index (χ3n) is 5.45. The monoisotopic (exact) mass is 551 g/mol. The molecule has 1 aromatic heterocycles. The quantitative estimate of drug-likeness (QED) is 0.288. The van der Waals surface area contributed by atoms with E-state index >= 15 is 0 Å². The molecule has 3 rings (SSSR count). The Hall–Kier alpha value is -4.21. The van der Waals surface area contributed by atoms with Crippen molar-refractivity contribution in [3.63, 3.8) is 0 Å². The molecule has 0 spiro atoms. The van der Waals surface area contributed by atoms with Crippen molar-refractivity contribution in [2.45, 2.75) is 65.8 Å². The van der Waals surface area contributed by atoms with Crippen LogP contribution in [0.15, 0.2) is 54.7 Å². The number of alkyl halides is 1. The van der Waals surface area contributed by atoms with E-state index in [1.165, 1.54) is 14.5 Å². The maximum atomic E-state index is 13.0. The molecule has 0 atom stereocenters. The Labute approximate surface area is 235 Å². The van der Waals surface area contributed by atoms with Gasteiger partial charge in [-0.2, -0.15) is 0 Å². The first-order chi connectivity index (χ1) is 18.7. The van der Waals surface area contributed by atoms with Gasteiger partial charge in [-0.15, -0.1) is 5.10 Å². The number of ether oxygens (including phenoxy) is 2. The lowest BCUT2D eigenvalue weighted by molar-refractivity contribution is 0.0571. The van der Waals surface area contributed by atoms with Gasteiger partial charge in [-0.05, 0) is 76.9 Å². The van der Waals surface area contributed by atoms with Crippen molar-refractivity contribution in [1.82, 2.24) is 15.0 Å². The molecule has 40 heavy (non-hydrogen) atoms. The Bertz CT molecular complexity index is 1310. The minimum atomic E-state index is -0.679. The SMILES string of the molecule is CN(C(=O)OC(C)(C)C)c1ccc(/C=C/c2ccc(N(Cc3cn(CCF)nn3)C(=O)OC(C)(C)C)cc2)cc1. The maximum Gasteiger partial charge on any atom is 0.415 e. The van der Waals surface area contributed by atoms with Gasteiger partial charge < -0.3 is 9.47 Å². The number of halogens is 1. The summed E-state index contributed by atoms with van der Waals surface area (Å²) in [5, 5.41) is 7.96. The highest BCUT2D eigenvalue weighted by Gasteiger charge is 2.25. The molecule has 0 aliphatic carbocycles. The molecule has 0 saturated carbocycles. The second kappa shape index (κ2) is 12.8. The minimum absolute atomic E-state index is 0.101. The van der Waals surface area contributed by atoms with Crippen LogP contribution in [0.3, 0.4) is 0 Å². The molecule has 2 amide bonds. The molecule has 2 aromatic carbocycles. The molecule has 0 aliphatic rings. The van der Waals surface area contributed by atoms with E-state index in [1.807, 2.05) is 81.5 Å². The second-order valence-electron chi connectivity index (χ2n) is 11.3. The normalized spacial score (nSPS) is 11.9. The fraction of sp³-hybridized carbons (Fsp3) is 0.400. The number of benzene rings is 2. The van der Waals surface area contributed by atoms with Crippen LogP contribution in [0.1, 0.15) is 58.4 Å². The van der Waals surface area contributed by atoms with Gasteiger partial charge in [0.1, 0.15) is 23.6 Å². The average Bonchev–Trinajstić information content (AvgIpc) is 3.31. The van der Waals surface area contributed by atoms with Crippen molar-refractivity contribution in [1.29, 1.82) is 0 Å². The van der Waals surface area contributed by atoms with Gasteiger partial charge >= 0.3 is 12.2 Å². The number of anilines is 2. The van der Waals surface area contributed by atoms with Crippen LogP contribution in [0.2, 0.25) is 0 Å². The average molecular weight is 552 g/mol. The molecule has 0 unspecified atom stereocenters. The van der Waals surface area contributed by atoms with Gasteiger partial charge in [-0.3, -0.25) is 9.80 Å². The zero-order valence-electron chi connectivity index (χ0n) is 24.2. The summed E-state index contributed by atoms with van der Waals surface area (Å²) in [6.45, 7) is 10.6. The summed E-state index contributed by atoms with van der Waals surface area (Å²) < 4.78 is 25.1. The van der Waals surface area contributed by atoms with E-state index in [9.17, 15) is 14.0 Å². The number of aromatic nitrogens is 3. The van der Waals surface area contributed by atoms with Gasteiger partial charge in [0.25, 0.3) is 0 Å². The third kappa shape index (κ3) is 9.21. The summed E-state index contributed by atoms with van der Waals surface area (Å²) in [5.74, 6) is 0. The molecule has 0 bridgehead atoms. The van der Waals surface area contributed by atoms with Crippen molar-refractivity contribution in [2.75, 3.05) is 23.5 Å². The Morgan fingerprint density at radius 1 is 0.850 bits per heavy atom. The first-order valence-corrected chi connectivity index (χ1v) is 13.0. The molecular weight excluding hydrogens is 513 g/mol. The molecule has 1 heterocycles. The summed E-state index contributed by atoms with van der Waals surface area (Å²) in [7, 11) is 1.67. The first-order valence-electron chi connectivity index (χ1n) is 13.0. The predicted molar refractivity (Wildman–Crippen MR) is 155 cm³/mol. The fourth-order valence-electron chi connectivity index (χ4n) is 3.55. The van der Waals surface area contributed by atoms with Crippen LogP contribution in [-0.2, 0) is 22.6 Å². The molecule has 9 nitrogen and oxygen atoms in total. The van der Waals surface area contributed by atoms with Gasteiger partial charge in [0.15, 0.2) is 0 Å². The Morgan fingerprint density at radius 2 is 1.35 bits per heavy atom. The fourth-order valence-corrected chi connectivity index (χ4v) is 3.55. The minimum Gasteiger partial charge on any atom is -0.443 e. The summed E-state index contributed by atoms with van der Waals surface area (Å²) >= 11 is 0. The van der Waals surface area contributed by atoms with Gasteiger partial charge in [0.05, 0.1) is 19.3 Å². The van der Waals surface area contributed by atoms with Crippen LogP contribution in [0.4, 0.5) is 25.4 Å². The van der Waals surface area contributed by atoms with Crippen LogP contribution >= 0.6 is 0 Å². The van der Waals surface area contributed by atoms with E-state index in [2.05, 4.69) is 10.3 Å². The van der Waals surface area contributed by atoms with Gasteiger partial charge in [0, 0.05) is 18.4 Å². The van der Waals surface area contributed by atoms with Crippen LogP contribution in [-0.4, -0.2) is 52.1 Å². The molecule has 0 radical (unpaired) electrons. The number of hydrogen-bond acceptors (Lipinski definition) is 6. The van der Waals surface area contributed by atoms with Gasteiger partial charge in [0.2, 0.25) is 0 Å². The molecule has 3 aromatic rings. The van der Waals surface area contributed by atoms with Crippen molar-refractivity contribution in [2.24, 2.45) is 0 Å². The lowest BCUT2D eigenvalue weighted by Crippen LogP contribution is -2.36. The second-order valence-corrected chi connectivity index (χ2v) is 11.3. The Balaban J connectivity index is 1.72. The molecule has 0 saturated heterocycles. The molecule has 10 heteroatoms. The van der Waals surface area contributed by atoms with E-state index in [4.69, 9.17) is 9.47 Å². The van der Waals surface area contributed by atoms with E-state index in [0.29, 0.717) is 11.4 Å². The number of rotatable bonds is 8. The predicted octanol–water partition coefficient (Wildman–Crippen LogP) is 6.73. The number of amides is 2.